The molecule has 0 bridgehead atoms. The Balaban J connectivity index is 1.73. The van der Waals surface area contributed by atoms with Gasteiger partial charge in [-0.05, 0) is 60.0 Å². The molecule has 3 aromatic carbocycles. The Labute approximate surface area is 175 Å². The summed E-state index contributed by atoms with van der Waals surface area (Å²) in [6.07, 6.45) is 2.51. The number of nitrogens with one attached hydrogen (secondary N) is 1. The number of hydrogen-bond donors (Lipinski definition) is 1. The Hall–Kier alpha value is -3.05. The fourth-order valence-corrected chi connectivity index (χ4v) is 3.02. The van der Waals surface area contributed by atoms with E-state index in [1.807, 2.05) is 50.2 Å². The van der Waals surface area contributed by atoms with E-state index in [2.05, 4.69) is 10.5 Å². The van der Waals surface area contributed by atoms with Gasteiger partial charge in [0.1, 0.15) is 11.5 Å². The summed E-state index contributed by atoms with van der Waals surface area (Å²) in [5, 5.41) is 6.49. The van der Waals surface area contributed by atoms with E-state index in [4.69, 9.17) is 21.1 Å². The first-order valence-corrected chi connectivity index (χ1v) is 9.76. The second-order valence-electron chi connectivity index (χ2n) is 6.63. The van der Waals surface area contributed by atoms with E-state index in [1.165, 1.54) is 13.3 Å². The number of methoxy groups -OCH3 is 1. The number of amides is 1. The lowest BCUT2D eigenvalue weighted by Gasteiger charge is -2.13. The van der Waals surface area contributed by atoms with Gasteiger partial charge in [0.05, 0.1) is 30.0 Å². The molecule has 0 unspecified atom stereocenters. The van der Waals surface area contributed by atoms with E-state index in [1.54, 1.807) is 18.2 Å². The molecule has 0 heterocycles. The summed E-state index contributed by atoms with van der Waals surface area (Å²) in [6, 6.07) is 16.8. The molecule has 3 aromatic rings. The van der Waals surface area contributed by atoms with Crippen LogP contribution in [0.15, 0.2) is 59.7 Å². The minimum absolute atomic E-state index is 0.0863. The Morgan fingerprint density at radius 2 is 1.86 bits per heavy atom. The number of nitrogens with zero attached hydrogens (tertiary/aromatic N) is 1. The SMILES string of the molecule is CC[C@H](C)Oc1ccc(/C=N\NC(=O)c2cc3ccccc3cc2OC)cc1Cl. The van der Waals surface area contributed by atoms with Crippen LogP contribution in [-0.4, -0.2) is 25.3 Å². The van der Waals surface area contributed by atoms with Gasteiger partial charge in [0.2, 0.25) is 0 Å². The number of fused-ring (bicyclic) bond motifs is 1. The molecule has 0 aliphatic carbocycles. The van der Waals surface area contributed by atoms with Crippen LogP contribution in [0.3, 0.4) is 0 Å². The molecule has 6 heteroatoms. The van der Waals surface area contributed by atoms with Gasteiger partial charge in [-0.15, -0.1) is 0 Å². The van der Waals surface area contributed by atoms with Crippen molar-refractivity contribution >= 4 is 34.5 Å². The molecule has 0 aliphatic rings. The van der Waals surface area contributed by atoms with Crippen LogP contribution in [0.25, 0.3) is 10.8 Å². The first kappa shape index (κ1) is 20.7. The van der Waals surface area contributed by atoms with Gasteiger partial charge in [-0.2, -0.15) is 5.10 Å². The van der Waals surface area contributed by atoms with Gasteiger partial charge < -0.3 is 9.47 Å². The average Bonchev–Trinajstić information content (AvgIpc) is 2.74. The smallest absolute Gasteiger partial charge is 0.275 e. The Bertz CT molecular complexity index is 1050. The van der Waals surface area contributed by atoms with Crippen LogP contribution >= 0.6 is 11.6 Å². The van der Waals surface area contributed by atoms with Crippen LogP contribution in [0.5, 0.6) is 11.5 Å². The van der Waals surface area contributed by atoms with Gasteiger partial charge in [0, 0.05) is 0 Å². The van der Waals surface area contributed by atoms with E-state index in [0.29, 0.717) is 22.1 Å². The lowest BCUT2D eigenvalue weighted by atomic mass is 10.1. The predicted molar refractivity (Wildman–Crippen MR) is 117 cm³/mol. The third-order valence-corrected chi connectivity index (χ3v) is 4.85. The van der Waals surface area contributed by atoms with Gasteiger partial charge in [0.15, 0.2) is 0 Å². The van der Waals surface area contributed by atoms with E-state index >= 15 is 0 Å². The fourth-order valence-electron chi connectivity index (χ4n) is 2.78. The standard InChI is InChI=1S/C23H23ClN2O3/c1-4-15(2)29-21-10-9-16(11-20(21)24)14-25-26-23(27)19-12-17-7-5-6-8-18(17)13-22(19)28-3/h5-15H,4H2,1-3H3,(H,26,27)/b25-14-/t15-/m0/s1. The van der Waals surface area contributed by atoms with Crippen LogP contribution in [-0.2, 0) is 0 Å². The largest absolute Gasteiger partial charge is 0.496 e. The minimum Gasteiger partial charge on any atom is -0.496 e. The number of ether oxygens (including phenoxy) is 2. The summed E-state index contributed by atoms with van der Waals surface area (Å²) in [5.41, 5.74) is 3.70. The lowest BCUT2D eigenvalue weighted by Crippen LogP contribution is -2.18. The Kier molecular flexibility index (Phi) is 6.73. The maximum absolute atomic E-state index is 12.6. The monoisotopic (exact) mass is 410 g/mol. The molecular weight excluding hydrogens is 388 g/mol. The van der Waals surface area contributed by atoms with E-state index < -0.39 is 0 Å². The fraction of sp³-hybridized carbons (Fsp3) is 0.217. The highest BCUT2D eigenvalue weighted by Crippen LogP contribution is 2.27. The topological polar surface area (TPSA) is 59.9 Å². The molecular formula is C23H23ClN2O3. The maximum atomic E-state index is 12.6. The van der Waals surface area contributed by atoms with Crippen molar-refractivity contribution in [3.05, 3.63) is 70.7 Å². The molecule has 1 N–H and O–H groups in total. The first-order valence-electron chi connectivity index (χ1n) is 9.38. The zero-order valence-electron chi connectivity index (χ0n) is 16.6. The van der Waals surface area contributed by atoms with Crippen molar-refractivity contribution in [1.29, 1.82) is 0 Å². The van der Waals surface area contributed by atoms with E-state index in [9.17, 15) is 4.79 Å². The zero-order chi connectivity index (χ0) is 20.8. The molecule has 1 amide bonds. The minimum atomic E-state index is -0.355. The van der Waals surface area contributed by atoms with Crippen LogP contribution < -0.4 is 14.9 Å². The summed E-state index contributed by atoms with van der Waals surface area (Å²) in [7, 11) is 1.54. The molecule has 150 valence electrons. The highest BCUT2D eigenvalue weighted by molar-refractivity contribution is 6.32. The second-order valence-corrected chi connectivity index (χ2v) is 7.03. The summed E-state index contributed by atoms with van der Waals surface area (Å²) >= 11 is 6.27. The Morgan fingerprint density at radius 1 is 1.14 bits per heavy atom. The summed E-state index contributed by atoms with van der Waals surface area (Å²) in [5.74, 6) is 0.765. The van der Waals surface area contributed by atoms with Crippen molar-refractivity contribution in [1.82, 2.24) is 5.43 Å². The molecule has 3 rings (SSSR count). The number of benzene rings is 3. The van der Waals surface area contributed by atoms with Crippen LogP contribution in [0, 0.1) is 0 Å². The van der Waals surface area contributed by atoms with Gasteiger partial charge in [0.25, 0.3) is 5.91 Å². The van der Waals surface area contributed by atoms with E-state index in [0.717, 1.165) is 22.8 Å². The highest BCUT2D eigenvalue weighted by atomic mass is 35.5. The van der Waals surface area contributed by atoms with Crippen LogP contribution in [0.1, 0.15) is 36.2 Å². The summed E-state index contributed by atoms with van der Waals surface area (Å²) in [4.78, 5) is 12.6. The third-order valence-electron chi connectivity index (χ3n) is 4.55. The molecule has 0 aliphatic heterocycles. The summed E-state index contributed by atoms with van der Waals surface area (Å²) in [6.45, 7) is 4.04. The van der Waals surface area contributed by atoms with Crippen LogP contribution in [0.4, 0.5) is 0 Å². The van der Waals surface area contributed by atoms with Crippen molar-refractivity contribution in [2.75, 3.05) is 7.11 Å². The number of hydrazone groups is 1. The zero-order valence-corrected chi connectivity index (χ0v) is 17.4. The number of carbonyl (C=O) groups is 1. The van der Waals surface area contributed by atoms with Crippen molar-refractivity contribution in [2.24, 2.45) is 5.10 Å². The lowest BCUT2D eigenvalue weighted by molar-refractivity contribution is 0.0952. The summed E-state index contributed by atoms with van der Waals surface area (Å²) < 4.78 is 11.1. The van der Waals surface area contributed by atoms with Gasteiger partial charge in [-0.25, -0.2) is 5.43 Å². The third kappa shape index (κ3) is 5.06. The molecule has 1 atom stereocenters. The predicted octanol–water partition coefficient (Wildman–Crippen LogP) is 5.44. The quantitative estimate of drug-likeness (QED) is 0.416. The van der Waals surface area contributed by atoms with Gasteiger partial charge >= 0.3 is 0 Å². The van der Waals surface area contributed by atoms with Crippen molar-refractivity contribution in [3.63, 3.8) is 0 Å². The molecule has 0 spiro atoms. The van der Waals surface area contributed by atoms with Crippen LogP contribution in [0.2, 0.25) is 5.02 Å². The molecule has 0 radical (unpaired) electrons. The molecule has 0 aromatic heterocycles. The molecule has 5 nitrogen and oxygen atoms in total. The average molecular weight is 411 g/mol. The maximum Gasteiger partial charge on any atom is 0.275 e. The Morgan fingerprint density at radius 3 is 2.52 bits per heavy atom. The first-order chi connectivity index (χ1) is 14.0. The number of hydrogen-bond acceptors (Lipinski definition) is 4. The number of carbonyl (C=O) groups excluding carboxylic acids is 1. The van der Waals surface area contributed by atoms with Gasteiger partial charge in [-0.1, -0.05) is 42.8 Å². The van der Waals surface area contributed by atoms with Crippen molar-refractivity contribution < 1.29 is 14.3 Å². The highest BCUT2D eigenvalue weighted by Gasteiger charge is 2.13. The van der Waals surface area contributed by atoms with Gasteiger partial charge in [-0.3, -0.25) is 4.79 Å². The molecule has 0 saturated heterocycles. The second kappa shape index (κ2) is 9.43. The van der Waals surface area contributed by atoms with E-state index in [-0.39, 0.29) is 12.0 Å². The van der Waals surface area contributed by atoms with Crippen molar-refractivity contribution in [3.8, 4) is 11.5 Å². The molecule has 0 saturated carbocycles. The molecule has 29 heavy (non-hydrogen) atoms. The number of halogens is 1. The number of rotatable bonds is 7. The van der Waals surface area contributed by atoms with Crippen molar-refractivity contribution in [2.45, 2.75) is 26.4 Å². The normalized spacial score (nSPS) is 12.1. The molecule has 0 fully saturated rings.